The van der Waals surface area contributed by atoms with Gasteiger partial charge in [0.1, 0.15) is 5.75 Å². The minimum absolute atomic E-state index is 0.354. The van der Waals surface area contributed by atoms with Gasteiger partial charge in [-0.15, -0.1) is 11.3 Å². The third kappa shape index (κ3) is 3.67. The molecule has 0 amide bonds. The minimum atomic E-state index is 0.354. The van der Waals surface area contributed by atoms with Crippen molar-refractivity contribution < 1.29 is 5.11 Å². The lowest BCUT2D eigenvalue weighted by molar-refractivity contribution is 0.247. The maximum atomic E-state index is 9.66. The highest BCUT2D eigenvalue weighted by atomic mass is 32.1. The van der Waals surface area contributed by atoms with Crippen LogP contribution in [0.4, 0.5) is 5.13 Å². The maximum Gasteiger partial charge on any atom is 0.185 e. The van der Waals surface area contributed by atoms with Gasteiger partial charge in [0.15, 0.2) is 5.13 Å². The fourth-order valence-corrected chi connectivity index (χ4v) is 4.26. The van der Waals surface area contributed by atoms with Crippen LogP contribution in [0.2, 0.25) is 0 Å². The normalized spacial score (nSPS) is 18.0. The summed E-state index contributed by atoms with van der Waals surface area (Å²) in [4.78, 5) is 10.9. The Morgan fingerprint density at radius 3 is 2.78 bits per heavy atom. The molecule has 2 fully saturated rings. The SMILES string of the molecule is Oc1cccc(CN(Cc2cnc(N3CCCC3)s2)C2CC2)c1. The van der Waals surface area contributed by atoms with Crippen molar-refractivity contribution in [2.24, 2.45) is 0 Å². The molecule has 2 heterocycles. The molecule has 1 saturated heterocycles. The topological polar surface area (TPSA) is 39.6 Å². The summed E-state index contributed by atoms with van der Waals surface area (Å²) < 4.78 is 0. The Labute approximate surface area is 141 Å². The van der Waals surface area contributed by atoms with Crippen LogP contribution in [-0.2, 0) is 13.1 Å². The van der Waals surface area contributed by atoms with Crippen molar-refractivity contribution in [1.82, 2.24) is 9.88 Å². The molecule has 4 rings (SSSR count). The lowest BCUT2D eigenvalue weighted by atomic mass is 10.2. The van der Waals surface area contributed by atoms with E-state index in [1.165, 1.54) is 41.3 Å². The fourth-order valence-electron chi connectivity index (χ4n) is 3.27. The van der Waals surface area contributed by atoms with Crippen molar-refractivity contribution in [2.75, 3.05) is 18.0 Å². The largest absolute Gasteiger partial charge is 0.508 e. The molecule has 2 aromatic rings. The van der Waals surface area contributed by atoms with Crippen LogP contribution in [0, 0.1) is 0 Å². The first-order chi connectivity index (χ1) is 11.3. The molecule has 122 valence electrons. The number of hydrogen-bond donors (Lipinski definition) is 1. The van der Waals surface area contributed by atoms with Crippen LogP contribution in [0.25, 0.3) is 0 Å². The number of thiazole rings is 1. The van der Waals surface area contributed by atoms with Crippen molar-refractivity contribution in [2.45, 2.75) is 44.8 Å². The molecule has 0 spiro atoms. The number of phenolic OH excluding ortho intramolecular Hbond substituents is 1. The second kappa shape index (κ2) is 6.49. The standard InChI is InChI=1S/C18H23N3OS/c22-16-5-3-4-14(10-16)12-21(15-6-7-15)13-17-11-19-18(23-17)20-8-1-2-9-20/h3-5,10-11,15,22H,1-2,6-9,12-13H2. The van der Waals surface area contributed by atoms with Gasteiger partial charge >= 0.3 is 0 Å². The summed E-state index contributed by atoms with van der Waals surface area (Å²) in [5, 5.41) is 10.8. The predicted octanol–water partition coefficient (Wildman–Crippen LogP) is 3.61. The van der Waals surface area contributed by atoms with Crippen molar-refractivity contribution in [3.8, 4) is 5.75 Å². The van der Waals surface area contributed by atoms with E-state index < -0.39 is 0 Å². The number of phenols is 1. The van der Waals surface area contributed by atoms with Gasteiger partial charge in [0.2, 0.25) is 0 Å². The number of nitrogens with zero attached hydrogens (tertiary/aromatic N) is 3. The molecule has 5 heteroatoms. The first kappa shape index (κ1) is 15.0. The molecule has 1 aromatic heterocycles. The van der Waals surface area contributed by atoms with E-state index in [2.05, 4.69) is 27.0 Å². The summed E-state index contributed by atoms with van der Waals surface area (Å²) in [7, 11) is 0. The summed E-state index contributed by atoms with van der Waals surface area (Å²) in [6, 6.07) is 8.31. The highest BCUT2D eigenvalue weighted by Crippen LogP contribution is 2.33. The van der Waals surface area contributed by atoms with Gasteiger partial charge in [0.05, 0.1) is 0 Å². The molecule has 0 bridgehead atoms. The van der Waals surface area contributed by atoms with Crippen molar-refractivity contribution >= 4 is 16.5 Å². The van der Waals surface area contributed by atoms with E-state index in [9.17, 15) is 5.11 Å². The molecule has 0 atom stereocenters. The number of benzene rings is 1. The summed E-state index contributed by atoms with van der Waals surface area (Å²) >= 11 is 1.84. The molecule has 1 N–H and O–H groups in total. The van der Waals surface area contributed by atoms with E-state index in [0.29, 0.717) is 11.8 Å². The van der Waals surface area contributed by atoms with Crippen molar-refractivity contribution in [3.63, 3.8) is 0 Å². The van der Waals surface area contributed by atoms with Gasteiger partial charge in [-0.1, -0.05) is 12.1 Å². The van der Waals surface area contributed by atoms with E-state index in [1.54, 1.807) is 6.07 Å². The summed E-state index contributed by atoms with van der Waals surface area (Å²) in [6.45, 7) is 4.17. The Hall–Kier alpha value is -1.59. The first-order valence-electron chi connectivity index (χ1n) is 8.49. The Morgan fingerprint density at radius 1 is 1.22 bits per heavy atom. The van der Waals surface area contributed by atoms with Gasteiger partial charge in [0.25, 0.3) is 0 Å². The highest BCUT2D eigenvalue weighted by Gasteiger charge is 2.29. The monoisotopic (exact) mass is 329 g/mol. The average molecular weight is 329 g/mol. The number of aromatic nitrogens is 1. The molecule has 1 aliphatic heterocycles. The number of rotatable bonds is 6. The molecule has 1 aliphatic carbocycles. The third-order valence-corrected chi connectivity index (χ3v) is 5.68. The molecular weight excluding hydrogens is 306 g/mol. The van der Waals surface area contributed by atoms with Gasteiger partial charge in [-0.25, -0.2) is 4.98 Å². The minimum Gasteiger partial charge on any atom is -0.508 e. The zero-order valence-corrected chi connectivity index (χ0v) is 14.1. The summed E-state index contributed by atoms with van der Waals surface area (Å²) in [5.41, 5.74) is 1.18. The fraction of sp³-hybridized carbons (Fsp3) is 0.500. The van der Waals surface area contributed by atoms with Crippen LogP contribution < -0.4 is 4.90 Å². The second-order valence-electron chi connectivity index (χ2n) is 6.61. The Kier molecular flexibility index (Phi) is 4.23. The lowest BCUT2D eigenvalue weighted by Gasteiger charge is -2.21. The van der Waals surface area contributed by atoms with E-state index in [-0.39, 0.29) is 0 Å². The predicted molar refractivity (Wildman–Crippen MR) is 93.9 cm³/mol. The van der Waals surface area contributed by atoms with Gasteiger partial charge in [-0.3, -0.25) is 4.90 Å². The maximum absolute atomic E-state index is 9.66. The molecule has 23 heavy (non-hydrogen) atoms. The Bertz CT molecular complexity index is 662. The van der Waals surface area contributed by atoms with Crippen molar-refractivity contribution in [1.29, 1.82) is 0 Å². The van der Waals surface area contributed by atoms with Gasteiger partial charge in [-0.2, -0.15) is 0 Å². The number of aromatic hydroxyl groups is 1. The van der Waals surface area contributed by atoms with Gasteiger partial charge in [-0.05, 0) is 43.4 Å². The van der Waals surface area contributed by atoms with E-state index in [1.807, 2.05) is 23.5 Å². The van der Waals surface area contributed by atoms with Crippen LogP contribution in [0.1, 0.15) is 36.1 Å². The van der Waals surface area contributed by atoms with Crippen LogP contribution >= 0.6 is 11.3 Å². The number of hydrogen-bond acceptors (Lipinski definition) is 5. The quantitative estimate of drug-likeness (QED) is 0.879. The van der Waals surface area contributed by atoms with Gasteiger partial charge in [0, 0.05) is 43.3 Å². The zero-order valence-electron chi connectivity index (χ0n) is 13.3. The van der Waals surface area contributed by atoms with E-state index >= 15 is 0 Å². The summed E-state index contributed by atoms with van der Waals surface area (Å²) in [5.74, 6) is 0.354. The van der Waals surface area contributed by atoms with Crippen LogP contribution in [0.5, 0.6) is 5.75 Å². The molecule has 4 nitrogen and oxygen atoms in total. The van der Waals surface area contributed by atoms with Crippen LogP contribution in [-0.4, -0.2) is 34.1 Å². The van der Waals surface area contributed by atoms with Crippen LogP contribution in [0.3, 0.4) is 0 Å². The van der Waals surface area contributed by atoms with Crippen molar-refractivity contribution in [3.05, 3.63) is 40.9 Å². The lowest BCUT2D eigenvalue weighted by Crippen LogP contribution is -2.24. The molecule has 0 radical (unpaired) electrons. The molecular formula is C18H23N3OS. The summed E-state index contributed by atoms with van der Waals surface area (Å²) in [6.07, 6.45) is 7.21. The van der Waals surface area contributed by atoms with E-state index in [4.69, 9.17) is 0 Å². The van der Waals surface area contributed by atoms with Gasteiger partial charge < -0.3 is 10.0 Å². The molecule has 0 unspecified atom stereocenters. The molecule has 2 aliphatic rings. The highest BCUT2D eigenvalue weighted by molar-refractivity contribution is 7.15. The first-order valence-corrected chi connectivity index (χ1v) is 9.31. The van der Waals surface area contributed by atoms with Crippen LogP contribution in [0.15, 0.2) is 30.5 Å². The molecule has 1 saturated carbocycles. The Morgan fingerprint density at radius 2 is 2.04 bits per heavy atom. The smallest absolute Gasteiger partial charge is 0.185 e. The second-order valence-corrected chi connectivity index (χ2v) is 7.70. The zero-order chi connectivity index (χ0) is 15.6. The molecule has 1 aromatic carbocycles. The average Bonchev–Trinajstić information content (AvgIpc) is 3.05. The Balaban J connectivity index is 1.44. The number of anilines is 1. The van der Waals surface area contributed by atoms with E-state index in [0.717, 1.165) is 26.2 Å². The third-order valence-electron chi connectivity index (χ3n) is 4.64.